The number of benzene rings is 1. The van der Waals surface area contributed by atoms with Gasteiger partial charge >= 0.3 is 0 Å². The second kappa shape index (κ2) is 3.56. The van der Waals surface area contributed by atoms with E-state index < -0.39 is 0 Å². The minimum Gasteiger partial charge on any atom is -0.236 e. The highest BCUT2D eigenvalue weighted by Crippen LogP contribution is 2.22. The van der Waals surface area contributed by atoms with Gasteiger partial charge in [0.1, 0.15) is 0 Å². The Kier molecular flexibility index (Phi) is 2.07. The first kappa shape index (κ1) is 9.28. The average molecular weight is 208 g/mol. The third-order valence-electron chi connectivity index (χ3n) is 2.87. The van der Waals surface area contributed by atoms with Crippen LogP contribution in [-0.2, 0) is 6.42 Å². The average Bonchev–Trinajstić information content (AvgIpc) is 2.38. The van der Waals surface area contributed by atoms with E-state index in [1.807, 2.05) is 12.3 Å². The van der Waals surface area contributed by atoms with Crippen LogP contribution in [-0.4, -0.2) is 9.97 Å². The van der Waals surface area contributed by atoms with E-state index in [1.54, 1.807) is 0 Å². The summed E-state index contributed by atoms with van der Waals surface area (Å²) in [7, 11) is 0. The van der Waals surface area contributed by atoms with E-state index in [1.165, 1.54) is 10.8 Å². The molecule has 2 heterocycles. The molecule has 0 aliphatic carbocycles. The minimum atomic E-state index is 0.845. The molecule has 0 saturated heterocycles. The topological polar surface area (TPSA) is 25.8 Å². The molecule has 0 atom stereocenters. The Morgan fingerprint density at radius 1 is 1.00 bits per heavy atom. The van der Waals surface area contributed by atoms with Crippen molar-refractivity contribution in [1.29, 1.82) is 0 Å². The standard InChI is InChI=1S/C14H12N2/c1-2-11-7-8-13-12-6-4-3-5-10(12)9-15-14(13)16-11/h3-9H,2H2,1H3. The predicted octanol–water partition coefficient (Wildman–Crippen LogP) is 3.35. The van der Waals surface area contributed by atoms with Crippen molar-refractivity contribution in [2.24, 2.45) is 0 Å². The van der Waals surface area contributed by atoms with Gasteiger partial charge in [-0.1, -0.05) is 31.2 Å². The zero-order valence-corrected chi connectivity index (χ0v) is 9.14. The third kappa shape index (κ3) is 1.34. The van der Waals surface area contributed by atoms with Gasteiger partial charge in [0.2, 0.25) is 0 Å². The van der Waals surface area contributed by atoms with Crippen LogP contribution in [0.3, 0.4) is 0 Å². The zero-order valence-electron chi connectivity index (χ0n) is 9.14. The predicted molar refractivity (Wildman–Crippen MR) is 66.4 cm³/mol. The highest BCUT2D eigenvalue weighted by Gasteiger charge is 2.02. The van der Waals surface area contributed by atoms with Crippen LogP contribution >= 0.6 is 0 Å². The monoisotopic (exact) mass is 208 g/mol. The summed E-state index contributed by atoms with van der Waals surface area (Å²) in [6.07, 6.45) is 2.84. The van der Waals surface area contributed by atoms with Gasteiger partial charge in [-0.15, -0.1) is 0 Å². The first-order valence-electron chi connectivity index (χ1n) is 5.52. The van der Waals surface area contributed by atoms with E-state index >= 15 is 0 Å². The molecule has 0 spiro atoms. The van der Waals surface area contributed by atoms with Crippen molar-refractivity contribution in [3.05, 3.63) is 48.3 Å². The van der Waals surface area contributed by atoms with Crippen molar-refractivity contribution >= 4 is 21.8 Å². The van der Waals surface area contributed by atoms with Crippen LogP contribution in [0.2, 0.25) is 0 Å². The molecule has 2 heteroatoms. The SMILES string of the molecule is CCc1ccc2c(ncc3ccccc32)n1. The van der Waals surface area contributed by atoms with Crippen LogP contribution in [0.4, 0.5) is 0 Å². The number of pyridine rings is 2. The molecular formula is C14H12N2. The van der Waals surface area contributed by atoms with Crippen molar-refractivity contribution in [2.75, 3.05) is 0 Å². The maximum absolute atomic E-state index is 4.53. The highest BCUT2D eigenvalue weighted by atomic mass is 14.8. The zero-order chi connectivity index (χ0) is 11.0. The number of fused-ring (bicyclic) bond motifs is 3. The van der Waals surface area contributed by atoms with Crippen LogP contribution in [0.1, 0.15) is 12.6 Å². The van der Waals surface area contributed by atoms with Gasteiger partial charge in [-0.05, 0) is 23.9 Å². The molecule has 1 aromatic carbocycles. The van der Waals surface area contributed by atoms with Crippen molar-refractivity contribution in [2.45, 2.75) is 13.3 Å². The van der Waals surface area contributed by atoms with E-state index in [9.17, 15) is 0 Å². The van der Waals surface area contributed by atoms with Gasteiger partial charge < -0.3 is 0 Å². The molecule has 2 nitrogen and oxygen atoms in total. The Labute approximate surface area is 94.0 Å². The maximum Gasteiger partial charge on any atom is 0.160 e. The van der Waals surface area contributed by atoms with Gasteiger partial charge in [-0.3, -0.25) is 0 Å². The Morgan fingerprint density at radius 2 is 1.88 bits per heavy atom. The van der Waals surface area contributed by atoms with Crippen molar-refractivity contribution in [3.8, 4) is 0 Å². The lowest BCUT2D eigenvalue weighted by Crippen LogP contribution is -1.90. The van der Waals surface area contributed by atoms with Crippen molar-refractivity contribution < 1.29 is 0 Å². The normalized spacial score (nSPS) is 11.1. The summed E-state index contributed by atoms with van der Waals surface area (Å²) < 4.78 is 0. The van der Waals surface area contributed by atoms with E-state index in [2.05, 4.69) is 47.2 Å². The summed E-state index contributed by atoms with van der Waals surface area (Å²) in [6, 6.07) is 12.5. The highest BCUT2D eigenvalue weighted by molar-refractivity contribution is 6.03. The summed E-state index contributed by atoms with van der Waals surface area (Å²) in [5.41, 5.74) is 1.94. The lowest BCUT2D eigenvalue weighted by molar-refractivity contribution is 1.05. The second-order valence-corrected chi connectivity index (χ2v) is 3.87. The van der Waals surface area contributed by atoms with Crippen LogP contribution in [0.25, 0.3) is 21.8 Å². The second-order valence-electron chi connectivity index (χ2n) is 3.87. The first-order valence-corrected chi connectivity index (χ1v) is 5.52. The molecule has 3 rings (SSSR count). The Bertz CT molecular complexity index is 659. The first-order chi connectivity index (χ1) is 7.88. The lowest BCUT2D eigenvalue weighted by Gasteiger charge is -2.03. The lowest BCUT2D eigenvalue weighted by atomic mass is 10.1. The van der Waals surface area contributed by atoms with Gasteiger partial charge in [0.05, 0.1) is 0 Å². The number of rotatable bonds is 1. The Morgan fingerprint density at radius 3 is 2.75 bits per heavy atom. The Hall–Kier alpha value is -1.96. The Balaban J connectivity index is 2.43. The van der Waals surface area contributed by atoms with Gasteiger partial charge in [-0.25, -0.2) is 9.97 Å². The summed E-state index contributed by atoms with van der Waals surface area (Å²) >= 11 is 0. The van der Waals surface area contributed by atoms with Gasteiger partial charge in [0.15, 0.2) is 5.65 Å². The third-order valence-corrected chi connectivity index (χ3v) is 2.87. The van der Waals surface area contributed by atoms with Gasteiger partial charge in [-0.2, -0.15) is 0 Å². The fourth-order valence-corrected chi connectivity index (χ4v) is 1.98. The summed E-state index contributed by atoms with van der Waals surface area (Å²) in [4.78, 5) is 8.94. The maximum atomic E-state index is 4.53. The van der Waals surface area contributed by atoms with E-state index in [0.717, 1.165) is 23.1 Å². The number of hydrogen-bond donors (Lipinski definition) is 0. The molecule has 78 valence electrons. The van der Waals surface area contributed by atoms with Crippen LogP contribution in [0, 0.1) is 0 Å². The molecule has 0 fully saturated rings. The summed E-state index contributed by atoms with van der Waals surface area (Å²) in [5.74, 6) is 0. The molecule has 0 radical (unpaired) electrons. The largest absolute Gasteiger partial charge is 0.236 e. The minimum absolute atomic E-state index is 0.845. The van der Waals surface area contributed by atoms with Gasteiger partial charge in [0.25, 0.3) is 0 Å². The molecule has 2 aromatic heterocycles. The number of aryl methyl sites for hydroxylation is 1. The molecule has 0 aliphatic heterocycles. The molecule has 0 bridgehead atoms. The fourth-order valence-electron chi connectivity index (χ4n) is 1.98. The van der Waals surface area contributed by atoms with Crippen LogP contribution in [0.15, 0.2) is 42.6 Å². The van der Waals surface area contributed by atoms with E-state index in [-0.39, 0.29) is 0 Å². The molecule has 0 aliphatic rings. The molecular weight excluding hydrogens is 196 g/mol. The quantitative estimate of drug-likeness (QED) is 0.573. The number of aromatic nitrogens is 2. The smallest absolute Gasteiger partial charge is 0.160 e. The molecule has 0 saturated carbocycles. The summed E-state index contributed by atoms with van der Waals surface area (Å²) in [5, 5.41) is 3.53. The van der Waals surface area contributed by atoms with Crippen molar-refractivity contribution in [3.63, 3.8) is 0 Å². The van der Waals surface area contributed by atoms with Crippen LogP contribution in [0.5, 0.6) is 0 Å². The van der Waals surface area contributed by atoms with Gasteiger partial charge in [0, 0.05) is 22.7 Å². The number of hydrogen-bond acceptors (Lipinski definition) is 2. The van der Waals surface area contributed by atoms with Crippen molar-refractivity contribution in [1.82, 2.24) is 9.97 Å². The molecule has 3 aromatic rings. The molecule has 0 unspecified atom stereocenters. The van der Waals surface area contributed by atoms with E-state index in [0.29, 0.717) is 0 Å². The summed E-state index contributed by atoms with van der Waals surface area (Å²) in [6.45, 7) is 2.11. The van der Waals surface area contributed by atoms with E-state index in [4.69, 9.17) is 0 Å². The molecule has 0 amide bonds. The fraction of sp³-hybridized carbons (Fsp3) is 0.143. The molecule has 16 heavy (non-hydrogen) atoms. The molecule has 0 N–H and O–H groups in total. The number of nitrogens with zero attached hydrogens (tertiary/aromatic N) is 2. The van der Waals surface area contributed by atoms with Crippen LogP contribution < -0.4 is 0 Å².